The summed E-state index contributed by atoms with van der Waals surface area (Å²) in [4.78, 5) is 0. The Morgan fingerprint density at radius 2 is 1.64 bits per heavy atom. The number of hydrogen-bond acceptors (Lipinski definition) is 2. The largest absolute Gasteiger partial charge is 0.303 e. The third kappa shape index (κ3) is 1.35. The van der Waals surface area contributed by atoms with Gasteiger partial charge in [-0.25, -0.2) is 0 Å². The lowest BCUT2D eigenvalue weighted by Gasteiger charge is -2.31. The highest BCUT2D eigenvalue weighted by molar-refractivity contribution is 6.41. The molecule has 0 aromatic carbocycles. The van der Waals surface area contributed by atoms with Crippen LogP contribution in [0.15, 0.2) is 0 Å². The van der Waals surface area contributed by atoms with E-state index in [1.54, 1.807) is 0 Å². The summed E-state index contributed by atoms with van der Waals surface area (Å²) in [6.45, 7) is 6.26. The van der Waals surface area contributed by atoms with Crippen LogP contribution >= 0.6 is 0 Å². The second-order valence-electron chi connectivity index (χ2n) is 3.73. The maximum atomic E-state index is 7.64. The van der Waals surface area contributed by atoms with Crippen LogP contribution in [0.2, 0.25) is 0 Å². The van der Waals surface area contributed by atoms with Gasteiger partial charge in [-0.1, -0.05) is 20.8 Å². The molecule has 3 unspecified atom stereocenters. The van der Waals surface area contributed by atoms with Gasteiger partial charge in [-0.2, -0.15) is 0 Å². The maximum Gasteiger partial charge on any atom is 0.0554 e. The fraction of sp³-hybridized carbons (Fsp3) is 0.778. The van der Waals surface area contributed by atoms with E-state index in [0.29, 0.717) is 29.2 Å². The number of hydrogen-bond donors (Lipinski definition) is 2. The lowest BCUT2D eigenvalue weighted by Crippen LogP contribution is -2.36. The first kappa shape index (κ1) is 8.44. The van der Waals surface area contributed by atoms with Gasteiger partial charge in [0.15, 0.2) is 0 Å². The summed E-state index contributed by atoms with van der Waals surface area (Å²) in [5, 5.41) is 15.2. The molecule has 1 aliphatic carbocycles. The van der Waals surface area contributed by atoms with E-state index in [9.17, 15) is 0 Å². The van der Waals surface area contributed by atoms with Crippen molar-refractivity contribution in [3.8, 4) is 0 Å². The van der Waals surface area contributed by atoms with Gasteiger partial charge in [-0.15, -0.1) is 0 Å². The Balaban J connectivity index is 2.79. The van der Waals surface area contributed by atoms with Crippen molar-refractivity contribution in [1.82, 2.24) is 0 Å². The second-order valence-corrected chi connectivity index (χ2v) is 3.73. The Morgan fingerprint density at radius 3 is 2.18 bits per heavy atom. The van der Waals surface area contributed by atoms with E-state index >= 15 is 0 Å². The Labute approximate surface area is 68.0 Å². The first-order valence-electron chi connectivity index (χ1n) is 4.21. The summed E-state index contributed by atoms with van der Waals surface area (Å²) >= 11 is 0. The molecule has 0 aromatic heterocycles. The van der Waals surface area contributed by atoms with Crippen molar-refractivity contribution in [2.45, 2.75) is 27.2 Å². The number of rotatable bonds is 0. The Bertz CT molecular complexity index is 196. The average Bonchev–Trinajstić information content (AvgIpc) is 1.97. The number of nitrogens with one attached hydrogen (secondary N) is 2. The molecule has 2 nitrogen and oxygen atoms in total. The third-order valence-corrected chi connectivity index (χ3v) is 2.82. The topological polar surface area (TPSA) is 47.7 Å². The minimum atomic E-state index is 0.290. The third-order valence-electron chi connectivity index (χ3n) is 2.82. The zero-order chi connectivity index (χ0) is 8.59. The molecule has 3 atom stereocenters. The molecule has 0 aromatic rings. The van der Waals surface area contributed by atoms with Gasteiger partial charge in [-0.05, 0) is 18.3 Å². The van der Waals surface area contributed by atoms with Crippen molar-refractivity contribution in [3.63, 3.8) is 0 Å². The zero-order valence-corrected chi connectivity index (χ0v) is 7.44. The summed E-state index contributed by atoms with van der Waals surface area (Å²) in [6.07, 6.45) is 1.07. The molecule has 0 saturated heterocycles. The molecular formula is C9H16N2. The van der Waals surface area contributed by atoms with Gasteiger partial charge < -0.3 is 10.8 Å². The first-order valence-corrected chi connectivity index (χ1v) is 4.21. The molecule has 1 rings (SSSR count). The Hall–Kier alpha value is -0.660. The minimum absolute atomic E-state index is 0.290. The van der Waals surface area contributed by atoms with Crippen LogP contribution in [0.25, 0.3) is 0 Å². The lowest BCUT2D eigenvalue weighted by molar-refractivity contribution is 0.398. The molecule has 1 saturated carbocycles. The van der Waals surface area contributed by atoms with E-state index in [-0.39, 0.29) is 0 Å². The van der Waals surface area contributed by atoms with Crippen molar-refractivity contribution in [2.75, 3.05) is 0 Å². The van der Waals surface area contributed by atoms with E-state index in [1.165, 1.54) is 0 Å². The highest BCUT2D eigenvalue weighted by atomic mass is 14.6. The van der Waals surface area contributed by atoms with Crippen molar-refractivity contribution in [1.29, 1.82) is 10.8 Å². The minimum Gasteiger partial charge on any atom is -0.303 e. The van der Waals surface area contributed by atoms with Crippen LogP contribution in [0.1, 0.15) is 27.2 Å². The SMILES string of the molecule is CC1CC(C)C(C)C(=N)C1=N. The van der Waals surface area contributed by atoms with Crippen molar-refractivity contribution in [2.24, 2.45) is 17.8 Å². The molecule has 2 N–H and O–H groups in total. The van der Waals surface area contributed by atoms with E-state index < -0.39 is 0 Å². The van der Waals surface area contributed by atoms with Crippen LogP contribution in [0.3, 0.4) is 0 Å². The summed E-state index contributed by atoms with van der Waals surface area (Å²) < 4.78 is 0. The molecule has 62 valence electrons. The summed E-state index contributed by atoms with van der Waals surface area (Å²) in [5.74, 6) is 1.17. The Morgan fingerprint density at radius 1 is 1.09 bits per heavy atom. The summed E-state index contributed by atoms with van der Waals surface area (Å²) in [7, 11) is 0. The predicted octanol–water partition coefficient (Wildman–Crippen LogP) is 2.34. The van der Waals surface area contributed by atoms with Crippen LogP contribution in [0, 0.1) is 28.6 Å². The van der Waals surface area contributed by atoms with Crippen molar-refractivity contribution >= 4 is 11.4 Å². The molecule has 0 spiro atoms. The van der Waals surface area contributed by atoms with Crippen molar-refractivity contribution in [3.05, 3.63) is 0 Å². The smallest absolute Gasteiger partial charge is 0.0554 e. The highest BCUT2D eigenvalue weighted by Crippen LogP contribution is 2.28. The lowest BCUT2D eigenvalue weighted by atomic mass is 9.74. The second kappa shape index (κ2) is 2.76. The molecule has 0 bridgehead atoms. The fourth-order valence-electron chi connectivity index (χ4n) is 1.67. The monoisotopic (exact) mass is 152 g/mol. The summed E-state index contributed by atoms with van der Waals surface area (Å²) in [6, 6.07) is 0. The summed E-state index contributed by atoms with van der Waals surface area (Å²) in [5.41, 5.74) is 1.10. The molecule has 0 aliphatic heterocycles. The average molecular weight is 152 g/mol. The molecule has 2 heteroatoms. The van der Waals surface area contributed by atoms with Gasteiger partial charge in [0.1, 0.15) is 0 Å². The van der Waals surface area contributed by atoms with E-state index in [1.807, 2.05) is 13.8 Å². The van der Waals surface area contributed by atoms with Gasteiger partial charge >= 0.3 is 0 Å². The van der Waals surface area contributed by atoms with Gasteiger partial charge in [0.2, 0.25) is 0 Å². The van der Waals surface area contributed by atoms with Crippen LogP contribution in [-0.4, -0.2) is 11.4 Å². The van der Waals surface area contributed by atoms with E-state index in [0.717, 1.165) is 6.42 Å². The van der Waals surface area contributed by atoms with Crippen LogP contribution in [0.5, 0.6) is 0 Å². The Kier molecular flexibility index (Phi) is 2.12. The van der Waals surface area contributed by atoms with E-state index in [2.05, 4.69) is 6.92 Å². The molecule has 0 amide bonds. The highest BCUT2D eigenvalue weighted by Gasteiger charge is 2.30. The first-order chi connectivity index (χ1) is 5.04. The van der Waals surface area contributed by atoms with Gasteiger partial charge in [0.25, 0.3) is 0 Å². The predicted molar refractivity (Wildman–Crippen MR) is 47.6 cm³/mol. The molecule has 11 heavy (non-hydrogen) atoms. The van der Waals surface area contributed by atoms with Gasteiger partial charge in [0, 0.05) is 5.92 Å². The van der Waals surface area contributed by atoms with Crippen LogP contribution in [0.4, 0.5) is 0 Å². The van der Waals surface area contributed by atoms with Gasteiger partial charge in [-0.3, -0.25) is 0 Å². The van der Waals surface area contributed by atoms with Crippen LogP contribution in [-0.2, 0) is 0 Å². The zero-order valence-electron chi connectivity index (χ0n) is 7.44. The molecule has 0 heterocycles. The van der Waals surface area contributed by atoms with Crippen molar-refractivity contribution < 1.29 is 0 Å². The molecule has 1 fully saturated rings. The molecule has 1 aliphatic rings. The fourth-order valence-corrected chi connectivity index (χ4v) is 1.67. The maximum absolute atomic E-state index is 7.64. The van der Waals surface area contributed by atoms with E-state index in [4.69, 9.17) is 10.8 Å². The molecule has 0 radical (unpaired) electrons. The normalized spacial score (nSPS) is 39.4. The van der Waals surface area contributed by atoms with Gasteiger partial charge in [0.05, 0.1) is 11.4 Å². The van der Waals surface area contributed by atoms with Crippen LogP contribution < -0.4 is 0 Å². The standard InChI is InChI=1S/C9H16N2/c1-5-4-6(2)8(10)9(11)7(5)3/h5-7,10-11H,4H2,1-3H3. The quantitative estimate of drug-likeness (QED) is 0.535. The molecular weight excluding hydrogens is 136 g/mol.